The molecule has 0 saturated heterocycles. The maximum absolute atomic E-state index is 11.5. The number of rotatable bonds is 5. The lowest BCUT2D eigenvalue weighted by atomic mass is 10.1. The predicted octanol–water partition coefficient (Wildman–Crippen LogP) is 3.07. The number of benzene rings is 1. The van der Waals surface area contributed by atoms with Crippen molar-refractivity contribution in [3.8, 4) is 5.75 Å². The van der Waals surface area contributed by atoms with E-state index in [-0.39, 0.29) is 11.8 Å². The van der Waals surface area contributed by atoms with Crippen LogP contribution in [0.25, 0.3) is 0 Å². The van der Waals surface area contributed by atoms with Crippen LogP contribution in [0.4, 0.5) is 0 Å². The van der Waals surface area contributed by atoms with Crippen molar-refractivity contribution in [2.24, 2.45) is 5.92 Å². The third-order valence-electron chi connectivity index (χ3n) is 2.93. The van der Waals surface area contributed by atoms with Crippen molar-refractivity contribution < 1.29 is 9.53 Å². The zero-order chi connectivity index (χ0) is 13.1. The van der Waals surface area contributed by atoms with Crippen molar-refractivity contribution in [3.05, 3.63) is 27.7 Å². The fourth-order valence-electron chi connectivity index (χ4n) is 1.84. The lowest BCUT2D eigenvalue weighted by Gasteiger charge is -2.11. The second-order valence-electron chi connectivity index (χ2n) is 4.40. The number of methoxy groups -OCH3 is 1. The molecule has 1 aliphatic rings. The molecule has 1 aromatic carbocycles. The summed E-state index contributed by atoms with van der Waals surface area (Å²) in [6.07, 6.45) is 2.68. The fraction of sp³-hybridized carbons (Fsp3) is 0.462. The predicted molar refractivity (Wildman–Crippen MR) is 72.5 cm³/mol. The first kappa shape index (κ1) is 13.5. The van der Waals surface area contributed by atoms with Gasteiger partial charge in [-0.15, -0.1) is 0 Å². The highest BCUT2D eigenvalue weighted by molar-refractivity contribution is 6.35. The molecule has 0 aromatic heterocycles. The van der Waals surface area contributed by atoms with Crippen LogP contribution < -0.4 is 10.1 Å². The molecule has 3 nitrogen and oxygen atoms in total. The number of carbonyl (C=O) groups is 1. The Hall–Kier alpha value is -0.930. The molecular weight excluding hydrogens is 273 g/mol. The van der Waals surface area contributed by atoms with Crippen LogP contribution in [0.1, 0.15) is 18.4 Å². The van der Waals surface area contributed by atoms with Crippen LogP contribution in [0.15, 0.2) is 12.1 Å². The van der Waals surface area contributed by atoms with Gasteiger partial charge in [-0.05, 0) is 37.0 Å². The first-order valence-corrected chi connectivity index (χ1v) is 6.67. The largest absolute Gasteiger partial charge is 0.495 e. The maximum atomic E-state index is 11.5. The summed E-state index contributed by atoms with van der Waals surface area (Å²) in [5.41, 5.74) is 0.908. The van der Waals surface area contributed by atoms with Gasteiger partial charge in [-0.25, -0.2) is 0 Å². The van der Waals surface area contributed by atoms with Gasteiger partial charge in [0.25, 0.3) is 0 Å². The van der Waals surface area contributed by atoms with Crippen LogP contribution in [-0.2, 0) is 11.2 Å². The molecule has 0 radical (unpaired) electrons. The van der Waals surface area contributed by atoms with E-state index in [0.29, 0.717) is 28.8 Å². The summed E-state index contributed by atoms with van der Waals surface area (Å²) in [7, 11) is 1.57. The Kier molecular flexibility index (Phi) is 4.36. The van der Waals surface area contributed by atoms with Crippen LogP contribution >= 0.6 is 23.2 Å². The standard InChI is InChI=1S/C13H15Cl2NO2/c1-18-12-9(6-10(14)7-11(12)15)4-5-16-13(17)8-2-3-8/h6-8H,2-5H2,1H3,(H,16,17). The van der Waals surface area contributed by atoms with E-state index in [1.807, 2.05) is 6.07 Å². The molecule has 0 aliphatic heterocycles. The average molecular weight is 288 g/mol. The zero-order valence-electron chi connectivity index (χ0n) is 10.1. The van der Waals surface area contributed by atoms with Gasteiger partial charge in [0, 0.05) is 17.5 Å². The number of hydrogen-bond acceptors (Lipinski definition) is 2. The Morgan fingerprint density at radius 3 is 2.78 bits per heavy atom. The van der Waals surface area contributed by atoms with E-state index >= 15 is 0 Å². The lowest BCUT2D eigenvalue weighted by molar-refractivity contribution is -0.122. The minimum Gasteiger partial charge on any atom is -0.495 e. The number of hydrogen-bond donors (Lipinski definition) is 1. The Labute approximate surface area is 116 Å². The van der Waals surface area contributed by atoms with Crippen LogP contribution in [0, 0.1) is 5.92 Å². The third-order valence-corrected chi connectivity index (χ3v) is 3.43. The molecule has 0 bridgehead atoms. The molecule has 98 valence electrons. The van der Waals surface area contributed by atoms with Gasteiger partial charge in [0.05, 0.1) is 12.1 Å². The maximum Gasteiger partial charge on any atom is 0.223 e. The molecule has 5 heteroatoms. The summed E-state index contributed by atoms with van der Waals surface area (Å²) >= 11 is 12.0. The Morgan fingerprint density at radius 1 is 1.44 bits per heavy atom. The van der Waals surface area contributed by atoms with E-state index < -0.39 is 0 Å². The number of amides is 1. The summed E-state index contributed by atoms with van der Waals surface area (Å²) in [6, 6.07) is 3.46. The van der Waals surface area contributed by atoms with E-state index in [1.54, 1.807) is 13.2 Å². The SMILES string of the molecule is COc1c(Cl)cc(Cl)cc1CCNC(=O)C1CC1. The molecule has 0 atom stereocenters. The van der Waals surface area contributed by atoms with Gasteiger partial charge < -0.3 is 10.1 Å². The summed E-state index contributed by atoms with van der Waals surface area (Å²) in [4.78, 5) is 11.5. The summed E-state index contributed by atoms with van der Waals surface area (Å²) < 4.78 is 5.25. The highest BCUT2D eigenvalue weighted by atomic mass is 35.5. The first-order valence-electron chi connectivity index (χ1n) is 5.91. The average Bonchev–Trinajstić information content (AvgIpc) is 3.12. The first-order chi connectivity index (χ1) is 8.61. The van der Waals surface area contributed by atoms with E-state index in [1.165, 1.54) is 0 Å². The number of carbonyl (C=O) groups excluding carboxylic acids is 1. The Morgan fingerprint density at radius 2 is 2.17 bits per heavy atom. The molecule has 0 unspecified atom stereocenters. The molecule has 2 rings (SSSR count). The topological polar surface area (TPSA) is 38.3 Å². The van der Waals surface area contributed by atoms with Gasteiger partial charge >= 0.3 is 0 Å². The van der Waals surface area contributed by atoms with Crippen molar-refractivity contribution >= 4 is 29.1 Å². The van der Waals surface area contributed by atoms with Gasteiger partial charge in [0.15, 0.2) is 0 Å². The van der Waals surface area contributed by atoms with E-state index in [9.17, 15) is 4.79 Å². The normalized spacial score (nSPS) is 14.4. The molecule has 1 fully saturated rings. The van der Waals surface area contributed by atoms with Crippen molar-refractivity contribution in [2.45, 2.75) is 19.3 Å². The summed E-state index contributed by atoms with van der Waals surface area (Å²) in [5.74, 6) is 0.999. The third kappa shape index (κ3) is 3.30. The van der Waals surface area contributed by atoms with Gasteiger partial charge in [0.1, 0.15) is 5.75 Å². The van der Waals surface area contributed by atoms with E-state index in [4.69, 9.17) is 27.9 Å². The van der Waals surface area contributed by atoms with Gasteiger partial charge in [-0.3, -0.25) is 4.79 Å². The van der Waals surface area contributed by atoms with Crippen molar-refractivity contribution in [1.29, 1.82) is 0 Å². The lowest BCUT2D eigenvalue weighted by Crippen LogP contribution is -2.27. The van der Waals surface area contributed by atoms with Gasteiger partial charge in [-0.1, -0.05) is 23.2 Å². The van der Waals surface area contributed by atoms with Crippen molar-refractivity contribution in [1.82, 2.24) is 5.32 Å². The molecule has 1 N–H and O–H groups in total. The molecule has 1 amide bonds. The second kappa shape index (κ2) is 5.81. The van der Waals surface area contributed by atoms with E-state index in [0.717, 1.165) is 18.4 Å². The number of ether oxygens (including phenoxy) is 1. The second-order valence-corrected chi connectivity index (χ2v) is 5.24. The summed E-state index contributed by atoms with van der Waals surface area (Å²) in [5, 5.41) is 3.97. The highest BCUT2D eigenvalue weighted by Crippen LogP contribution is 2.32. The highest BCUT2D eigenvalue weighted by Gasteiger charge is 2.29. The van der Waals surface area contributed by atoms with Gasteiger partial charge in [0.2, 0.25) is 5.91 Å². The summed E-state index contributed by atoms with van der Waals surface area (Å²) in [6.45, 7) is 0.572. The van der Waals surface area contributed by atoms with Crippen LogP contribution in [0.5, 0.6) is 5.75 Å². The monoisotopic (exact) mass is 287 g/mol. The Balaban J connectivity index is 1.97. The van der Waals surface area contributed by atoms with Crippen molar-refractivity contribution in [3.63, 3.8) is 0 Å². The molecular formula is C13H15Cl2NO2. The fourth-order valence-corrected chi connectivity index (χ4v) is 2.45. The molecule has 1 aliphatic carbocycles. The minimum atomic E-state index is 0.141. The molecule has 0 spiro atoms. The number of halogens is 2. The zero-order valence-corrected chi connectivity index (χ0v) is 11.6. The van der Waals surface area contributed by atoms with Gasteiger partial charge in [-0.2, -0.15) is 0 Å². The van der Waals surface area contributed by atoms with E-state index in [2.05, 4.69) is 5.32 Å². The minimum absolute atomic E-state index is 0.141. The van der Waals surface area contributed by atoms with Crippen LogP contribution in [0.3, 0.4) is 0 Å². The quantitative estimate of drug-likeness (QED) is 0.904. The van der Waals surface area contributed by atoms with Crippen molar-refractivity contribution in [2.75, 3.05) is 13.7 Å². The number of nitrogens with one attached hydrogen (secondary N) is 1. The van der Waals surface area contributed by atoms with Crippen LogP contribution in [-0.4, -0.2) is 19.6 Å². The Bertz CT molecular complexity index is 459. The molecule has 18 heavy (non-hydrogen) atoms. The molecule has 1 saturated carbocycles. The molecule has 0 heterocycles. The smallest absolute Gasteiger partial charge is 0.223 e. The molecule has 1 aromatic rings. The van der Waals surface area contributed by atoms with Crippen LogP contribution in [0.2, 0.25) is 10.0 Å².